The van der Waals surface area contributed by atoms with Crippen LogP contribution < -0.4 is 5.32 Å². The van der Waals surface area contributed by atoms with Crippen molar-refractivity contribution < 1.29 is 35.6 Å². The van der Waals surface area contributed by atoms with Gasteiger partial charge in [0.25, 0.3) is 5.91 Å². The fraction of sp³-hybridized carbons (Fsp3) is 0.182. The molecule has 36 heavy (non-hydrogen) atoms. The highest BCUT2D eigenvalue weighted by atomic mass is 32.1. The first-order valence-electron chi connectivity index (χ1n) is 9.94. The Balaban J connectivity index is 0.00000361. The van der Waals surface area contributed by atoms with Gasteiger partial charge in [-0.1, -0.05) is 12.1 Å². The van der Waals surface area contributed by atoms with E-state index in [1.807, 2.05) is 0 Å². The second-order valence-corrected chi connectivity index (χ2v) is 7.39. The molecule has 0 aliphatic rings. The van der Waals surface area contributed by atoms with E-state index in [4.69, 9.17) is 4.42 Å². The number of pyridine rings is 1. The molecule has 0 spiro atoms. The first-order chi connectivity index (χ1) is 16.4. The zero-order valence-electron chi connectivity index (χ0n) is 18.2. The zero-order chi connectivity index (χ0) is 25.4. The molecular weight excluding hydrogens is 512 g/mol. The number of halogens is 6. The summed E-state index contributed by atoms with van der Waals surface area (Å²) in [5.74, 6) is -0.560. The van der Waals surface area contributed by atoms with Crippen molar-refractivity contribution in [2.45, 2.75) is 25.3 Å². The Kier molecular flexibility index (Phi) is 7.48. The van der Waals surface area contributed by atoms with Crippen molar-refractivity contribution in [1.82, 2.24) is 19.7 Å². The summed E-state index contributed by atoms with van der Waals surface area (Å²) in [6.45, 7) is 1.34. The molecule has 14 heteroatoms. The van der Waals surface area contributed by atoms with Crippen LogP contribution in [-0.2, 0) is 12.4 Å². The molecule has 190 valence electrons. The average molecular weight is 529 g/mol. The largest absolute Gasteiger partial charge is 0.442 e. The van der Waals surface area contributed by atoms with Gasteiger partial charge in [-0.3, -0.25) is 14.5 Å². The minimum atomic E-state index is -5.02. The summed E-state index contributed by atoms with van der Waals surface area (Å²) in [5.41, 5.74) is -2.79. The monoisotopic (exact) mass is 529 g/mol. The van der Waals surface area contributed by atoms with Crippen LogP contribution in [0.5, 0.6) is 0 Å². The molecule has 4 aromatic rings. The van der Waals surface area contributed by atoms with Crippen molar-refractivity contribution in [1.29, 1.82) is 0 Å². The van der Waals surface area contributed by atoms with E-state index in [1.54, 1.807) is 18.2 Å². The van der Waals surface area contributed by atoms with Gasteiger partial charge in [-0.25, -0.2) is 4.98 Å². The SMILES string of the molecule is C[C@@H](c1ccc(C(F)(F)F)cc1C(F)(F)F)n1cc(NC(=O)c2coc(-c3ccccn3)n2)cn1.S. The van der Waals surface area contributed by atoms with Crippen LogP contribution in [0.2, 0.25) is 0 Å². The summed E-state index contributed by atoms with van der Waals surface area (Å²) < 4.78 is 85.7. The molecule has 1 N–H and O–H groups in total. The van der Waals surface area contributed by atoms with Gasteiger partial charge < -0.3 is 9.73 Å². The summed E-state index contributed by atoms with van der Waals surface area (Å²) in [6, 6.07) is 5.37. The van der Waals surface area contributed by atoms with E-state index in [1.165, 1.54) is 25.5 Å². The van der Waals surface area contributed by atoms with Crippen LogP contribution in [0.15, 0.2) is 65.7 Å². The third kappa shape index (κ3) is 5.70. The molecule has 0 bridgehead atoms. The molecule has 0 fully saturated rings. The van der Waals surface area contributed by atoms with Crippen molar-refractivity contribution in [3.8, 4) is 11.6 Å². The van der Waals surface area contributed by atoms with Crippen molar-refractivity contribution in [3.05, 3.63) is 83.6 Å². The summed E-state index contributed by atoms with van der Waals surface area (Å²) >= 11 is 0. The van der Waals surface area contributed by atoms with Gasteiger partial charge in [-0.05, 0) is 36.8 Å². The minimum Gasteiger partial charge on any atom is -0.442 e. The lowest BCUT2D eigenvalue weighted by molar-refractivity contribution is -0.143. The molecule has 1 aromatic carbocycles. The number of carbonyl (C=O) groups is 1. The second-order valence-electron chi connectivity index (χ2n) is 7.39. The third-order valence-corrected chi connectivity index (χ3v) is 5.01. The van der Waals surface area contributed by atoms with Crippen LogP contribution in [0.4, 0.5) is 32.0 Å². The van der Waals surface area contributed by atoms with E-state index in [9.17, 15) is 31.1 Å². The fourth-order valence-electron chi connectivity index (χ4n) is 3.28. The van der Waals surface area contributed by atoms with Crippen LogP contribution >= 0.6 is 13.5 Å². The maximum Gasteiger partial charge on any atom is 0.416 e. The van der Waals surface area contributed by atoms with Gasteiger partial charge in [0.05, 0.1) is 29.1 Å². The maximum atomic E-state index is 13.5. The second kappa shape index (κ2) is 10.0. The lowest BCUT2D eigenvalue weighted by Gasteiger charge is -2.20. The number of hydrogen-bond acceptors (Lipinski definition) is 5. The Bertz CT molecular complexity index is 1350. The van der Waals surface area contributed by atoms with Crippen LogP contribution in [0.1, 0.15) is 40.1 Å². The number of aromatic nitrogens is 4. The first-order valence-corrected chi connectivity index (χ1v) is 9.94. The lowest BCUT2D eigenvalue weighted by Crippen LogP contribution is -2.17. The molecule has 0 radical (unpaired) electrons. The van der Waals surface area contributed by atoms with E-state index in [0.717, 1.165) is 17.0 Å². The van der Waals surface area contributed by atoms with Crippen LogP contribution in [0.25, 0.3) is 11.6 Å². The smallest absolute Gasteiger partial charge is 0.416 e. The topological polar surface area (TPSA) is 85.8 Å². The number of oxazole rings is 1. The summed E-state index contributed by atoms with van der Waals surface area (Å²) in [4.78, 5) is 20.6. The zero-order valence-corrected chi connectivity index (χ0v) is 19.2. The lowest BCUT2D eigenvalue weighted by atomic mass is 9.98. The highest BCUT2D eigenvalue weighted by Gasteiger charge is 2.39. The molecule has 1 atom stereocenters. The molecule has 4 rings (SSSR count). The summed E-state index contributed by atoms with van der Waals surface area (Å²) in [6.07, 6.45) is -4.87. The van der Waals surface area contributed by atoms with E-state index >= 15 is 0 Å². The maximum absolute atomic E-state index is 13.5. The number of rotatable bonds is 5. The molecular formula is C22H17F6N5O2S. The summed E-state index contributed by atoms with van der Waals surface area (Å²) in [5, 5.41) is 6.43. The van der Waals surface area contributed by atoms with Gasteiger partial charge in [-0.2, -0.15) is 44.9 Å². The van der Waals surface area contributed by atoms with E-state index in [-0.39, 0.29) is 36.8 Å². The van der Waals surface area contributed by atoms with Gasteiger partial charge in [0.1, 0.15) is 12.0 Å². The highest BCUT2D eigenvalue weighted by molar-refractivity contribution is 7.59. The Morgan fingerprint density at radius 2 is 1.83 bits per heavy atom. The number of anilines is 1. The number of nitrogens with one attached hydrogen (secondary N) is 1. The Morgan fingerprint density at radius 3 is 2.47 bits per heavy atom. The number of alkyl halides is 6. The van der Waals surface area contributed by atoms with Crippen LogP contribution in [-0.4, -0.2) is 25.7 Å². The van der Waals surface area contributed by atoms with Gasteiger partial charge in [-0.15, -0.1) is 0 Å². The number of amides is 1. The van der Waals surface area contributed by atoms with E-state index in [0.29, 0.717) is 11.8 Å². The highest BCUT2D eigenvalue weighted by Crippen LogP contribution is 2.39. The van der Waals surface area contributed by atoms with Crippen molar-refractivity contribution >= 4 is 25.1 Å². The van der Waals surface area contributed by atoms with Crippen LogP contribution in [0.3, 0.4) is 0 Å². The van der Waals surface area contributed by atoms with E-state index in [2.05, 4.69) is 20.4 Å². The molecule has 3 heterocycles. The van der Waals surface area contributed by atoms with Crippen LogP contribution in [0, 0.1) is 0 Å². The molecule has 0 aliphatic heterocycles. The predicted molar refractivity (Wildman–Crippen MR) is 121 cm³/mol. The third-order valence-electron chi connectivity index (χ3n) is 5.01. The molecule has 0 saturated carbocycles. The molecule has 0 aliphatic carbocycles. The number of benzene rings is 1. The number of hydrogen-bond donors (Lipinski definition) is 1. The predicted octanol–water partition coefficient (Wildman–Crippen LogP) is 5.95. The minimum absolute atomic E-state index is 0. The Labute approximate surface area is 206 Å². The normalized spacial score (nSPS) is 12.6. The standard InChI is InChI=1S/C22H15F6N5O2.H2S/c1-12(15-6-5-13(21(23,24)25)8-16(15)22(26,27)28)33-10-14(9-30-33)31-19(34)18-11-35-20(32-18)17-4-2-3-7-29-17;/h2-12H,1H3,(H,31,34);1H2/t12-;/m0./s1. The van der Waals surface area contributed by atoms with Crippen molar-refractivity contribution in [3.63, 3.8) is 0 Å². The van der Waals surface area contributed by atoms with Gasteiger partial charge >= 0.3 is 12.4 Å². The van der Waals surface area contributed by atoms with Gasteiger partial charge in [0, 0.05) is 12.4 Å². The Hall–Kier alpha value is -3.81. The number of nitrogens with zero attached hydrogens (tertiary/aromatic N) is 4. The first kappa shape index (κ1) is 26.8. The van der Waals surface area contributed by atoms with E-state index < -0.39 is 41.0 Å². The molecule has 7 nitrogen and oxygen atoms in total. The molecule has 3 aromatic heterocycles. The number of carbonyl (C=O) groups excluding carboxylic acids is 1. The van der Waals surface area contributed by atoms with Crippen molar-refractivity contribution in [2.75, 3.05) is 5.32 Å². The van der Waals surface area contributed by atoms with Gasteiger partial charge in [0.2, 0.25) is 5.89 Å². The molecule has 0 saturated heterocycles. The fourth-order valence-corrected chi connectivity index (χ4v) is 3.28. The Morgan fingerprint density at radius 1 is 1.08 bits per heavy atom. The van der Waals surface area contributed by atoms with Crippen molar-refractivity contribution in [2.24, 2.45) is 0 Å². The molecule has 0 unspecified atom stereocenters. The molecule has 1 amide bonds. The quantitative estimate of drug-likeness (QED) is 0.323. The summed E-state index contributed by atoms with van der Waals surface area (Å²) in [7, 11) is 0. The van der Waals surface area contributed by atoms with Gasteiger partial charge in [0.15, 0.2) is 5.69 Å². The average Bonchev–Trinajstić information content (AvgIpc) is 3.48.